The predicted octanol–water partition coefficient (Wildman–Crippen LogP) is 4.74. The molecule has 0 atom stereocenters. The summed E-state index contributed by atoms with van der Waals surface area (Å²) in [5.74, 6) is 0.949. The Hall–Kier alpha value is -4.25. The van der Waals surface area contributed by atoms with Crippen molar-refractivity contribution in [3.63, 3.8) is 0 Å². The first-order valence-corrected chi connectivity index (χ1v) is 12.8. The van der Waals surface area contributed by atoms with Gasteiger partial charge in [-0.1, -0.05) is 30.3 Å². The minimum Gasteiger partial charge on any atom is -0.493 e. The molecule has 2 heterocycles. The van der Waals surface area contributed by atoms with E-state index in [0.717, 1.165) is 0 Å². The Morgan fingerprint density at radius 2 is 1.38 bits per heavy atom. The average molecular weight is 522 g/mol. The van der Waals surface area contributed by atoms with E-state index in [1.165, 1.54) is 30.7 Å². The van der Waals surface area contributed by atoms with Gasteiger partial charge >= 0.3 is 0 Å². The highest BCUT2D eigenvalue weighted by Crippen LogP contribution is 2.45. The molecular formula is C26H27N5O5S. The predicted molar refractivity (Wildman–Crippen MR) is 139 cm³/mol. The third-order valence-electron chi connectivity index (χ3n) is 5.14. The second-order valence-corrected chi connectivity index (χ2v) is 10.6. The fraction of sp³-hybridized carbons (Fsp3) is 0.231. The van der Waals surface area contributed by atoms with Crippen molar-refractivity contribution in [2.75, 3.05) is 18.5 Å². The number of nitrogens with zero attached hydrogens (tertiary/aromatic N) is 5. The molecule has 0 saturated carbocycles. The minimum atomic E-state index is -4.13. The van der Waals surface area contributed by atoms with Crippen LogP contribution in [-0.4, -0.2) is 48.1 Å². The molecule has 4 aromatic rings. The molecular weight excluding hydrogens is 494 g/mol. The minimum absolute atomic E-state index is 0.00382. The van der Waals surface area contributed by atoms with Crippen molar-refractivity contribution in [3.8, 4) is 34.8 Å². The number of sulfonamides is 1. The quantitative estimate of drug-likeness (QED) is 0.324. The lowest BCUT2D eigenvalue weighted by Gasteiger charge is -2.36. The van der Waals surface area contributed by atoms with Crippen LogP contribution in [0.1, 0.15) is 20.8 Å². The maximum Gasteiger partial charge on any atom is 0.266 e. The molecule has 11 heteroatoms. The van der Waals surface area contributed by atoms with Crippen LogP contribution < -0.4 is 18.5 Å². The van der Waals surface area contributed by atoms with Crippen LogP contribution in [0.2, 0.25) is 0 Å². The molecule has 0 amide bonds. The lowest BCUT2D eigenvalue weighted by atomic mass is 10.1. The summed E-state index contributed by atoms with van der Waals surface area (Å²) in [6, 6.07) is 16.7. The number of methoxy groups -OCH3 is 2. The van der Waals surface area contributed by atoms with E-state index < -0.39 is 15.6 Å². The molecule has 0 radical (unpaired) electrons. The summed E-state index contributed by atoms with van der Waals surface area (Å²) in [5.41, 5.74) is -0.984. The van der Waals surface area contributed by atoms with Crippen LogP contribution >= 0.6 is 0 Å². The van der Waals surface area contributed by atoms with Gasteiger partial charge < -0.3 is 14.2 Å². The van der Waals surface area contributed by atoms with Crippen molar-refractivity contribution >= 4 is 15.8 Å². The Balaban J connectivity index is 2.04. The topological polar surface area (TPSA) is 117 Å². The molecule has 192 valence electrons. The van der Waals surface area contributed by atoms with Crippen molar-refractivity contribution in [1.82, 2.24) is 19.9 Å². The third-order valence-corrected chi connectivity index (χ3v) is 7.21. The Morgan fingerprint density at radius 1 is 0.757 bits per heavy atom. The van der Waals surface area contributed by atoms with E-state index in [-0.39, 0.29) is 34.0 Å². The number of aromatic nitrogens is 4. The van der Waals surface area contributed by atoms with Crippen LogP contribution in [-0.2, 0) is 10.0 Å². The third kappa shape index (κ3) is 5.31. The fourth-order valence-corrected chi connectivity index (χ4v) is 5.39. The van der Waals surface area contributed by atoms with Gasteiger partial charge in [-0.25, -0.2) is 27.7 Å². The van der Waals surface area contributed by atoms with Gasteiger partial charge in [-0.3, -0.25) is 0 Å². The van der Waals surface area contributed by atoms with E-state index in [2.05, 4.69) is 19.9 Å². The standard InChI is InChI=1S/C26H27N5O5S/c1-26(2,3)31(37(32,33)18-12-7-6-8-13-18)24-21(36-20-15-10-9-14-19(20)34-4)25(35-5)30-23(29-24)22-27-16-11-17-28-22/h6-17H,1-5H3. The zero-order valence-electron chi connectivity index (χ0n) is 21.1. The largest absolute Gasteiger partial charge is 0.493 e. The molecule has 2 aromatic carbocycles. The number of hydrogen-bond acceptors (Lipinski definition) is 9. The number of hydrogen-bond donors (Lipinski definition) is 0. The second-order valence-electron chi connectivity index (χ2n) is 8.79. The monoisotopic (exact) mass is 521 g/mol. The molecule has 0 aliphatic carbocycles. The maximum absolute atomic E-state index is 14.1. The van der Waals surface area contributed by atoms with Crippen molar-refractivity contribution in [2.24, 2.45) is 0 Å². The molecule has 0 unspecified atom stereocenters. The van der Waals surface area contributed by atoms with Crippen LogP contribution in [0.3, 0.4) is 0 Å². The Bertz CT molecular complexity index is 1480. The van der Waals surface area contributed by atoms with E-state index in [9.17, 15) is 8.42 Å². The molecule has 0 fully saturated rings. The summed E-state index contributed by atoms with van der Waals surface area (Å²) >= 11 is 0. The SMILES string of the molecule is COc1ccccc1Oc1c(OC)nc(-c2ncccn2)nc1N(C(C)(C)C)S(=O)(=O)c1ccccc1. The molecule has 0 spiro atoms. The highest BCUT2D eigenvalue weighted by Gasteiger charge is 2.39. The number of ether oxygens (including phenoxy) is 3. The lowest BCUT2D eigenvalue weighted by molar-refractivity contribution is 0.346. The van der Waals surface area contributed by atoms with Gasteiger partial charge in [0.2, 0.25) is 11.6 Å². The Morgan fingerprint density at radius 3 is 1.97 bits per heavy atom. The molecule has 0 saturated heterocycles. The molecule has 4 rings (SSSR count). The van der Waals surface area contributed by atoms with Crippen molar-refractivity contribution in [2.45, 2.75) is 31.2 Å². The van der Waals surface area contributed by atoms with E-state index >= 15 is 0 Å². The zero-order chi connectivity index (χ0) is 26.6. The molecule has 0 bridgehead atoms. The average Bonchev–Trinajstić information content (AvgIpc) is 2.90. The van der Waals surface area contributed by atoms with Crippen LogP contribution in [0.15, 0.2) is 78.0 Å². The van der Waals surface area contributed by atoms with Crippen LogP contribution in [0, 0.1) is 0 Å². The lowest BCUT2D eigenvalue weighted by Crippen LogP contribution is -2.46. The summed E-state index contributed by atoms with van der Waals surface area (Å²) in [6.45, 7) is 5.27. The van der Waals surface area contributed by atoms with Crippen molar-refractivity contribution in [3.05, 3.63) is 73.1 Å². The van der Waals surface area contributed by atoms with Gasteiger partial charge in [0.1, 0.15) is 0 Å². The van der Waals surface area contributed by atoms with Gasteiger partial charge in [-0.2, -0.15) is 4.98 Å². The molecule has 2 aromatic heterocycles. The van der Waals surface area contributed by atoms with Crippen molar-refractivity contribution < 1.29 is 22.6 Å². The van der Waals surface area contributed by atoms with Gasteiger partial charge in [-0.15, -0.1) is 0 Å². The molecule has 0 N–H and O–H groups in total. The van der Waals surface area contributed by atoms with Gasteiger partial charge in [-0.05, 0) is 51.1 Å². The number of para-hydroxylation sites is 2. The van der Waals surface area contributed by atoms with Crippen LogP contribution in [0.5, 0.6) is 23.1 Å². The number of benzene rings is 2. The van der Waals surface area contributed by atoms with Crippen LogP contribution in [0.4, 0.5) is 5.82 Å². The van der Waals surface area contributed by atoms with E-state index in [4.69, 9.17) is 14.2 Å². The highest BCUT2D eigenvalue weighted by atomic mass is 32.2. The number of anilines is 1. The second kappa shape index (κ2) is 10.4. The van der Waals surface area contributed by atoms with Gasteiger partial charge in [0.25, 0.3) is 15.9 Å². The Labute approximate surface area is 216 Å². The maximum atomic E-state index is 14.1. The summed E-state index contributed by atoms with van der Waals surface area (Å²) in [7, 11) is -1.22. The molecule has 10 nitrogen and oxygen atoms in total. The first-order valence-electron chi connectivity index (χ1n) is 11.3. The van der Waals surface area contributed by atoms with E-state index in [1.807, 2.05) is 0 Å². The first-order chi connectivity index (χ1) is 17.7. The fourth-order valence-electron chi connectivity index (χ4n) is 3.60. The van der Waals surface area contributed by atoms with Gasteiger partial charge in [0.05, 0.1) is 19.1 Å². The summed E-state index contributed by atoms with van der Waals surface area (Å²) in [4.78, 5) is 17.6. The summed E-state index contributed by atoms with van der Waals surface area (Å²) < 4.78 is 46.6. The van der Waals surface area contributed by atoms with E-state index in [1.54, 1.807) is 81.7 Å². The van der Waals surface area contributed by atoms with Crippen LogP contribution in [0.25, 0.3) is 11.6 Å². The van der Waals surface area contributed by atoms with E-state index in [0.29, 0.717) is 11.5 Å². The smallest absolute Gasteiger partial charge is 0.266 e. The normalized spacial score (nSPS) is 11.6. The Kier molecular flexibility index (Phi) is 7.25. The molecule has 0 aliphatic rings. The van der Waals surface area contributed by atoms with Crippen molar-refractivity contribution in [1.29, 1.82) is 0 Å². The highest BCUT2D eigenvalue weighted by molar-refractivity contribution is 7.92. The molecule has 0 aliphatic heterocycles. The summed E-state index contributed by atoms with van der Waals surface area (Å²) in [6.07, 6.45) is 3.08. The molecule has 37 heavy (non-hydrogen) atoms. The first kappa shape index (κ1) is 25.8. The summed E-state index contributed by atoms with van der Waals surface area (Å²) in [5, 5.41) is 0. The van der Waals surface area contributed by atoms with Gasteiger partial charge in [0.15, 0.2) is 23.1 Å². The zero-order valence-corrected chi connectivity index (χ0v) is 21.9. The van der Waals surface area contributed by atoms with Gasteiger partial charge in [0, 0.05) is 17.9 Å². The number of rotatable bonds is 8.